The highest BCUT2D eigenvalue weighted by atomic mass is 14.7. The van der Waals surface area contributed by atoms with E-state index in [4.69, 9.17) is 8.22 Å². The Balaban J connectivity index is 2.19. The lowest BCUT2D eigenvalue weighted by Crippen LogP contribution is -1.91. The van der Waals surface area contributed by atoms with Crippen molar-refractivity contribution in [3.8, 4) is 28.5 Å². The molecular weight excluding hydrogens is 268 g/mol. The van der Waals surface area contributed by atoms with Crippen molar-refractivity contribution in [2.75, 3.05) is 0 Å². The maximum absolute atomic E-state index is 9.42. The second-order valence-electron chi connectivity index (χ2n) is 4.85. The van der Waals surface area contributed by atoms with Crippen LogP contribution < -0.4 is 0 Å². The van der Waals surface area contributed by atoms with E-state index in [1.807, 2.05) is 30.3 Å². The summed E-state index contributed by atoms with van der Waals surface area (Å²) in [6, 6.07) is 17.9. The molecule has 0 amide bonds. The van der Waals surface area contributed by atoms with E-state index in [2.05, 4.69) is 11.1 Å². The first-order chi connectivity index (χ1) is 13.1. The van der Waals surface area contributed by atoms with E-state index in [9.17, 15) is 5.26 Å². The van der Waals surface area contributed by atoms with Gasteiger partial charge in [0, 0.05) is 25.5 Å². The summed E-state index contributed by atoms with van der Waals surface area (Å²) in [7, 11) is 0. The fraction of sp³-hybridized carbons (Fsp3) is 0.100. The topological polar surface area (TPSA) is 36.7 Å². The van der Waals surface area contributed by atoms with E-state index in [-0.39, 0.29) is 11.1 Å². The quantitative estimate of drug-likeness (QED) is 0.672. The van der Waals surface area contributed by atoms with Crippen LogP contribution in [0.25, 0.3) is 22.4 Å². The van der Waals surface area contributed by atoms with Gasteiger partial charge in [-0.15, -0.1) is 0 Å². The molecular formula is C20H16N2. The van der Waals surface area contributed by atoms with Crippen LogP contribution >= 0.6 is 0 Å². The smallest absolute Gasteiger partial charge is 0.0998 e. The van der Waals surface area contributed by atoms with Gasteiger partial charge >= 0.3 is 0 Å². The van der Waals surface area contributed by atoms with Crippen molar-refractivity contribution < 1.29 is 8.22 Å². The van der Waals surface area contributed by atoms with Gasteiger partial charge in [0.2, 0.25) is 0 Å². The number of nitriles is 1. The number of nitrogens with zero attached hydrogens (tertiary/aromatic N) is 2. The van der Waals surface area contributed by atoms with Crippen molar-refractivity contribution >= 4 is 0 Å². The highest BCUT2D eigenvalue weighted by Crippen LogP contribution is 2.29. The minimum atomic E-state index is -2.59. The van der Waals surface area contributed by atoms with Crippen LogP contribution in [0.2, 0.25) is 0 Å². The SMILES string of the molecule is [2H]C([2H])([2H])c1cnc(-c2ccc(C#N)c(-c3ccccc3)c2)cc1C([2H])([2H])[2H]. The van der Waals surface area contributed by atoms with Crippen molar-refractivity contribution in [1.82, 2.24) is 4.98 Å². The molecule has 0 bridgehead atoms. The second kappa shape index (κ2) is 5.83. The van der Waals surface area contributed by atoms with Crippen LogP contribution in [0.3, 0.4) is 0 Å². The molecule has 1 aromatic heterocycles. The number of aryl methyl sites for hydroxylation is 2. The highest BCUT2D eigenvalue weighted by molar-refractivity contribution is 5.76. The molecule has 0 saturated heterocycles. The van der Waals surface area contributed by atoms with E-state index in [1.165, 1.54) is 6.07 Å². The van der Waals surface area contributed by atoms with E-state index in [0.717, 1.165) is 11.8 Å². The summed E-state index contributed by atoms with van der Waals surface area (Å²) in [5.41, 5.74) is 2.41. The molecule has 3 aromatic rings. The minimum Gasteiger partial charge on any atom is -0.256 e. The van der Waals surface area contributed by atoms with E-state index in [0.29, 0.717) is 22.4 Å². The summed E-state index contributed by atoms with van der Waals surface area (Å²) < 4.78 is 45.8. The average Bonchev–Trinajstić information content (AvgIpc) is 2.66. The van der Waals surface area contributed by atoms with Gasteiger partial charge in [-0.2, -0.15) is 5.26 Å². The van der Waals surface area contributed by atoms with Crippen LogP contribution in [0.1, 0.15) is 24.9 Å². The first-order valence-electron chi connectivity index (χ1n) is 9.72. The van der Waals surface area contributed by atoms with Gasteiger partial charge in [0.1, 0.15) is 0 Å². The van der Waals surface area contributed by atoms with Crippen LogP contribution in [0.5, 0.6) is 0 Å². The van der Waals surface area contributed by atoms with E-state index in [1.54, 1.807) is 18.2 Å². The fourth-order valence-electron chi connectivity index (χ4n) is 2.27. The molecule has 0 aliphatic carbocycles. The second-order valence-corrected chi connectivity index (χ2v) is 4.85. The summed E-state index contributed by atoms with van der Waals surface area (Å²) in [5, 5.41) is 9.42. The van der Waals surface area contributed by atoms with Crippen molar-refractivity contribution in [3.63, 3.8) is 0 Å². The Morgan fingerprint density at radius 1 is 0.955 bits per heavy atom. The molecule has 0 radical (unpaired) electrons. The van der Waals surface area contributed by atoms with Crippen molar-refractivity contribution in [3.05, 3.63) is 77.5 Å². The Morgan fingerprint density at radius 3 is 2.50 bits per heavy atom. The van der Waals surface area contributed by atoms with Gasteiger partial charge in [0.25, 0.3) is 0 Å². The lowest BCUT2D eigenvalue weighted by atomic mass is 9.96. The third-order valence-corrected chi connectivity index (χ3v) is 3.42. The van der Waals surface area contributed by atoms with Crippen LogP contribution in [-0.4, -0.2) is 4.98 Å². The first kappa shape index (κ1) is 8.51. The third kappa shape index (κ3) is 2.62. The molecule has 1 heterocycles. The number of rotatable bonds is 2. The molecule has 0 atom stereocenters. The molecule has 2 aromatic carbocycles. The Morgan fingerprint density at radius 2 is 1.77 bits per heavy atom. The Hall–Kier alpha value is -2.92. The zero-order valence-electron chi connectivity index (χ0n) is 17.7. The van der Waals surface area contributed by atoms with Crippen molar-refractivity contribution in [1.29, 1.82) is 5.26 Å². The molecule has 3 rings (SSSR count). The van der Waals surface area contributed by atoms with Gasteiger partial charge in [0.05, 0.1) is 17.3 Å². The summed E-state index contributed by atoms with van der Waals surface area (Å²) in [4.78, 5) is 4.19. The Bertz CT molecular complexity index is 1050. The van der Waals surface area contributed by atoms with Gasteiger partial charge in [0.15, 0.2) is 0 Å². The monoisotopic (exact) mass is 290 g/mol. The van der Waals surface area contributed by atoms with Gasteiger partial charge in [-0.25, -0.2) is 0 Å². The van der Waals surface area contributed by atoms with Crippen LogP contribution in [0.15, 0.2) is 60.8 Å². The third-order valence-electron chi connectivity index (χ3n) is 3.42. The summed E-state index contributed by atoms with van der Waals surface area (Å²) in [6.07, 6.45) is 1.10. The zero-order chi connectivity index (χ0) is 20.5. The molecule has 2 nitrogen and oxygen atoms in total. The highest BCUT2D eigenvalue weighted by Gasteiger charge is 2.08. The van der Waals surface area contributed by atoms with Crippen molar-refractivity contribution in [2.45, 2.75) is 13.7 Å². The molecule has 0 saturated carbocycles. The molecule has 22 heavy (non-hydrogen) atoms. The van der Waals surface area contributed by atoms with Crippen LogP contribution in [0.4, 0.5) is 0 Å². The lowest BCUT2D eigenvalue weighted by molar-refractivity contribution is 1.22. The number of hydrogen-bond acceptors (Lipinski definition) is 2. The Labute approximate surface area is 139 Å². The van der Waals surface area contributed by atoms with Gasteiger partial charge in [-0.05, 0) is 48.6 Å². The Kier molecular flexibility index (Phi) is 2.25. The standard InChI is InChI=1S/C20H16N2/c1-14-10-20(22-13-15(14)2)17-8-9-18(12-21)19(11-17)16-6-4-3-5-7-16/h3-11,13H,1-2H3/i1D3,2D3. The molecule has 2 heteroatoms. The van der Waals surface area contributed by atoms with Gasteiger partial charge in [-0.1, -0.05) is 36.4 Å². The summed E-state index contributed by atoms with van der Waals surface area (Å²) in [6.45, 7) is -5.16. The lowest BCUT2D eigenvalue weighted by Gasteiger charge is -2.09. The summed E-state index contributed by atoms with van der Waals surface area (Å²) in [5.74, 6) is 0. The molecule has 0 aliphatic rings. The minimum absolute atomic E-state index is 0.247. The maximum Gasteiger partial charge on any atom is 0.0998 e. The average molecular weight is 290 g/mol. The predicted molar refractivity (Wildman–Crippen MR) is 89.3 cm³/mol. The largest absolute Gasteiger partial charge is 0.256 e. The molecule has 106 valence electrons. The number of aromatic nitrogens is 1. The van der Waals surface area contributed by atoms with Crippen LogP contribution in [0, 0.1) is 25.0 Å². The van der Waals surface area contributed by atoms with Crippen LogP contribution in [-0.2, 0) is 0 Å². The van der Waals surface area contributed by atoms with Gasteiger partial charge in [-0.3, -0.25) is 4.98 Å². The number of pyridine rings is 1. The fourth-order valence-corrected chi connectivity index (χ4v) is 2.27. The zero-order valence-corrected chi connectivity index (χ0v) is 11.7. The van der Waals surface area contributed by atoms with Gasteiger partial charge < -0.3 is 0 Å². The normalized spacial score (nSPS) is 15.4. The van der Waals surface area contributed by atoms with E-state index < -0.39 is 13.7 Å². The molecule has 0 spiro atoms. The molecule has 0 fully saturated rings. The molecule has 0 aliphatic heterocycles. The first-order valence-corrected chi connectivity index (χ1v) is 6.72. The van der Waals surface area contributed by atoms with E-state index >= 15 is 0 Å². The number of hydrogen-bond donors (Lipinski definition) is 0. The maximum atomic E-state index is 9.42. The molecule has 0 N–H and O–H groups in total. The number of benzene rings is 2. The predicted octanol–water partition coefficient (Wildman–Crippen LogP) is 4.90. The van der Waals surface area contributed by atoms with Crippen molar-refractivity contribution in [2.24, 2.45) is 0 Å². The summed E-state index contributed by atoms with van der Waals surface area (Å²) >= 11 is 0. The molecule has 0 unspecified atom stereocenters.